The fourth-order valence-electron chi connectivity index (χ4n) is 4.94. The number of benzene rings is 1. The summed E-state index contributed by atoms with van der Waals surface area (Å²) in [6, 6.07) is 12.5. The Bertz CT molecular complexity index is 901. The third-order valence-electron chi connectivity index (χ3n) is 6.75. The van der Waals surface area contributed by atoms with Crippen molar-refractivity contribution in [3.63, 3.8) is 0 Å². The van der Waals surface area contributed by atoms with Gasteiger partial charge in [0.05, 0.1) is 5.69 Å². The Balaban J connectivity index is 1.69. The minimum Gasteiger partial charge on any atom is -0.349 e. The molecule has 1 aromatic heterocycles. The van der Waals surface area contributed by atoms with Crippen molar-refractivity contribution >= 4 is 5.82 Å². The minimum atomic E-state index is 0.398. The second-order valence-corrected chi connectivity index (χ2v) is 9.55. The van der Waals surface area contributed by atoms with Crippen molar-refractivity contribution in [1.82, 2.24) is 26.1 Å². The molecule has 1 fully saturated rings. The molecule has 3 heterocycles. The molecule has 4 rings (SSSR count). The van der Waals surface area contributed by atoms with Crippen LogP contribution in [-0.2, 0) is 13.1 Å². The lowest BCUT2D eigenvalue weighted by atomic mass is 9.83. The number of fused-ring (bicyclic) bond motifs is 1. The van der Waals surface area contributed by atoms with Crippen molar-refractivity contribution in [2.45, 2.75) is 64.8 Å². The second-order valence-electron chi connectivity index (χ2n) is 9.55. The van der Waals surface area contributed by atoms with Crippen LogP contribution in [0, 0.1) is 0 Å². The fourth-order valence-corrected chi connectivity index (χ4v) is 4.94. The first-order valence-corrected chi connectivity index (χ1v) is 11.6. The lowest BCUT2D eigenvalue weighted by Gasteiger charge is -2.41. The predicted molar refractivity (Wildman–Crippen MR) is 129 cm³/mol. The molecule has 6 nitrogen and oxygen atoms in total. The lowest BCUT2D eigenvalue weighted by Crippen LogP contribution is -2.41. The molecule has 3 N–H and O–H groups in total. The van der Waals surface area contributed by atoms with E-state index < -0.39 is 0 Å². The van der Waals surface area contributed by atoms with Gasteiger partial charge in [-0.3, -0.25) is 10.9 Å². The van der Waals surface area contributed by atoms with E-state index in [1.807, 2.05) is 7.05 Å². The van der Waals surface area contributed by atoms with E-state index in [2.05, 4.69) is 91.0 Å². The Morgan fingerprint density at radius 1 is 1.19 bits per heavy atom. The van der Waals surface area contributed by atoms with Gasteiger partial charge in [-0.2, -0.15) is 0 Å². The van der Waals surface area contributed by atoms with Crippen molar-refractivity contribution in [3.8, 4) is 11.3 Å². The van der Waals surface area contributed by atoms with Gasteiger partial charge in [0, 0.05) is 61.3 Å². The summed E-state index contributed by atoms with van der Waals surface area (Å²) >= 11 is 0. The molecule has 0 bridgehead atoms. The molecule has 0 spiro atoms. The molecule has 6 heteroatoms. The number of pyridine rings is 1. The maximum absolute atomic E-state index is 5.15. The zero-order valence-corrected chi connectivity index (χ0v) is 19.9. The van der Waals surface area contributed by atoms with E-state index in [1.54, 1.807) is 0 Å². The molecular formula is C25H38N6. The third kappa shape index (κ3) is 4.48. The molecule has 0 amide bonds. The van der Waals surface area contributed by atoms with Crippen LogP contribution in [0.1, 0.15) is 50.3 Å². The molecule has 2 unspecified atom stereocenters. The van der Waals surface area contributed by atoms with E-state index in [0.29, 0.717) is 24.0 Å². The average Bonchev–Trinajstić information content (AvgIpc) is 3.05. The highest BCUT2D eigenvalue weighted by Crippen LogP contribution is 2.43. The Kier molecular flexibility index (Phi) is 6.63. The zero-order chi connectivity index (χ0) is 22.1. The number of anilines is 1. The predicted octanol–water partition coefficient (Wildman–Crippen LogP) is 3.10. The van der Waals surface area contributed by atoms with E-state index in [9.17, 15) is 0 Å². The molecular weight excluding hydrogens is 384 g/mol. The quantitative estimate of drug-likeness (QED) is 0.608. The highest BCUT2D eigenvalue weighted by atomic mass is 15.4. The van der Waals surface area contributed by atoms with Crippen molar-refractivity contribution in [2.75, 3.05) is 32.1 Å². The van der Waals surface area contributed by atoms with Crippen LogP contribution in [0.3, 0.4) is 0 Å². The molecule has 2 aliphatic rings. The van der Waals surface area contributed by atoms with Gasteiger partial charge in [0.2, 0.25) is 0 Å². The van der Waals surface area contributed by atoms with E-state index in [0.717, 1.165) is 31.9 Å². The monoisotopic (exact) mass is 422 g/mol. The number of nitrogens with zero attached hydrogens (tertiary/aromatic N) is 3. The van der Waals surface area contributed by atoms with Gasteiger partial charge in [0.25, 0.3) is 0 Å². The number of hydrazine groups is 1. The average molecular weight is 423 g/mol. The summed E-state index contributed by atoms with van der Waals surface area (Å²) < 4.78 is 0. The molecule has 2 aromatic rings. The third-order valence-corrected chi connectivity index (χ3v) is 6.75. The number of nitrogens with one attached hydrogen (secondary N) is 3. The normalized spacial score (nSPS) is 22.8. The molecule has 0 saturated carbocycles. The standard InChI is InChI=1S/C25H38N6/c1-16(2)31-15-22-21(24-17(3)28-29-18(24)4)13-23(27-25(22)31)20-9-7-8-19(12-20)14-30(6)11-10-26-5/h7-9,12-13,16-18,24,26,28-29H,10-11,14-15H2,1-6H3. The Hall–Kier alpha value is -1.99. The van der Waals surface area contributed by atoms with Crippen molar-refractivity contribution in [1.29, 1.82) is 0 Å². The van der Waals surface area contributed by atoms with E-state index in [4.69, 9.17) is 4.98 Å². The van der Waals surface area contributed by atoms with Crippen LogP contribution in [0.15, 0.2) is 30.3 Å². The van der Waals surface area contributed by atoms with Crippen molar-refractivity contribution in [2.24, 2.45) is 0 Å². The van der Waals surface area contributed by atoms with E-state index in [-0.39, 0.29) is 0 Å². The molecule has 31 heavy (non-hydrogen) atoms. The Morgan fingerprint density at radius 3 is 2.61 bits per heavy atom. The number of likely N-dealkylation sites (N-methyl/N-ethyl adjacent to an activating group) is 2. The van der Waals surface area contributed by atoms with Gasteiger partial charge < -0.3 is 15.1 Å². The number of rotatable bonds is 8. The van der Waals surface area contributed by atoms with Gasteiger partial charge in [0.1, 0.15) is 5.82 Å². The van der Waals surface area contributed by atoms with Crippen LogP contribution < -0.4 is 21.1 Å². The van der Waals surface area contributed by atoms with Gasteiger partial charge >= 0.3 is 0 Å². The van der Waals surface area contributed by atoms with Gasteiger partial charge in [-0.1, -0.05) is 18.2 Å². The van der Waals surface area contributed by atoms with Crippen LogP contribution in [0.5, 0.6) is 0 Å². The number of aromatic nitrogens is 1. The van der Waals surface area contributed by atoms with Crippen LogP contribution in [-0.4, -0.2) is 55.2 Å². The smallest absolute Gasteiger partial charge is 0.135 e. The highest BCUT2D eigenvalue weighted by Gasteiger charge is 2.38. The highest BCUT2D eigenvalue weighted by molar-refractivity contribution is 5.71. The van der Waals surface area contributed by atoms with E-state index in [1.165, 1.54) is 28.1 Å². The van der Waals surface area contributed by atoms with Gasteiger partial charge in [-0.15, -0.1) is 0 Å². The van der Waals surface area contributed by atoms with E-state index >= 15 is 0 Å². The first-order chi connectivity index (χ1) is 14.9. The molecule has 2 atom stereocenters. The summed E-state index contributed by atoms with van der Waals surface area (Å²) in [5, 5.41) is 3.23. The van der Waals surface area contributed by atoms with Crippen LogP contribution in [0.2, 0.25) is 0 Å². The van der Waals surface area contributed by atoms with Crippen LogP contribution in [0.25, 0.3) is 11.3 Å². The molecule has 1 aromatic carbocycles. The topological polar surface area (TPSA) is 55.5 Å². The molecule has 1 saturated heterocycles. The SMILES string of the molecule is CNCCN(C)Cc1cccc(-c2cc(C3C(C)NNC3C)c3c(n2)N(C(C)C)C3)c1. The van der Waals surface area contributed by atoms with Crippen molar-refractivity contribution < 1.29 is 0 Å². The van der Waals surface area contributed by atoms with Gasteiger partial charge in [-0.25, -0.2) is 4.98 Å². The maximum atomic E-state index is 5.15. The lowest BCUT2D eigenvalue weighted by molar-refractivity contribution is 0.328. The summed E-state index contributed by atoms with van der Waals surface area (Å²) in [4.78, 5) is 9.92. The van der Waals surface area contributed by atoms with Crippen LogP contribution >= 0.6 is 0 Å². The zero-order valence-electron chi connectivity index (χ0n) is 19.9. The molecule has 2 aliphatic heterocycles. The van der Waals surface area contributed by atoms with Crippen LogP contribution in [0.4, 0.5) is 5.82 Å². The first kappa shape index (κ1) is 22.2. The fraction of sp³-hybridized carbons (Fsp3) is 0.560. The number of hydrogen-bond donors (Lipinski definition) is 3. The van der Waals surface area contributed by atoms with Crippen molar-refractivity contribution in [3.05, 3.63) is 47.0 Å². The summed E-state index contributed by atoms with van der Waals surface area (Å²) in [6.45, 7) is 13.0. The molecule has 0 radical (unpaired) electrons. The van der Waals surface area contributed by atoms with Gasteiger partial charge in [-0.05, 0) is 65.0 Å². The summed E-state index contributed by atoms with van der Waals surface area (Å²) in [7, 11) is 4.18. The Labute approximate surface area is 187 Å². The summed E-state index contributed by atoms with van der Waals surface area (Å²) in [5.41, 5.74) is 13.4. The largest absolute Gasteiger partial charge is 0.349 e. The van der Waals surface area contributed by atoms with Gasteiger partial charge in [0.15, 0.2) is 0 Å². The minimum absolute atomic E-state index is 0.398. The summed E-state index contributed by atoms with van der Waals surface area (Å²) in [6.07, 6.45) is 0. The number of hydrogen-bond acceptors (Lipinski definition) is 6. The first-order valence-electron chi connectivity index (χ1n) is 11.6. The second kappa shape index (κ2) is 9.25. The molecule has 0 aliphatic carbocycles. The Morgan fingerprint density at radius 2 is 1.94 bits per heavy atom. The summed E-state index contributed by atoms with van der Waals surface area (Å²) in [5.74, 6) is 1.62. The maximum Gasteiger partial charge on any atom is 0.135 e. The molecule has 168 valence electrons.